The minimum atomic E-state index is 0.237. The molecule has 0 amide bonds. The van der Waals surface area contributed by atoms with Crippen molar-refractivity contribution in [1.82, 2.24) is 9.97 Å². The molecule has 0 aliphatic carbocycles. The summed E-state index contributed by atoms with van der Waals surface area (Å²) in [5, 5.41) is 2.75. The number of hydrogen-bond donors (Lipinski definition) is 0. The largest absolute Gasteiger partial charge is 0.424 e. The second kappa shape index (κ2) is 5.50. The van der Waals surface area contributed by atoms with Crippen LogP contribution in [0.1, 0.15) is 0 Å². The van der Waals surface area contributed by atoms with Gasteiger partial charge in [0.25, 0.3) is 0 Å². The molecule has 1 aromatic carbocycles. The summed E-state index contributed by atoms with van der Waals surface area (Å²) in [4.78, 5) is 11.7. The van der Waals surface area contributed by atoms with Crippen molar-refractivity contribution in [1.29, 1.82) is 0 Å². The normalized spacial score (nSPS) is 9.47. The summed E-state index contributed by atoms with van der Waals surface area (Å²) in [6, 6.07) is 7.22. The summed E-state index contributed by atoms with van der Waals surface area (Å²) < 4.78 is 5.40. The highest BCUT2D eigenvalue weighted by Crippen LogP contribution is 2.21. The molecule has 0 fully saturated rings. The van der Waals surface area contributed by atoms with Crippen LogP contribution < -0.4 is 4.74 Å². The molecule has 0 N–H and O–H groups in total. The molecule has 6 heteroatoms. The van der Waals surface area contributed by atoms with Crippen LogP contribution in [0.5, 0.6) is 11.8 Å². The van der Waals surface area contributed by atoms with E-state index in [9.17, 15) is 0 Å². The molecule has 1 aromatic heterocycles. The maximum atomic E-state index is 5.66. The van der Waals surface area contributed by atoms with Crippen LogP contribution in [0.15, 0.2) is 41.7 Å². The van der Waals surface area contributed by atoms with Crippen LogP contribution in [-0.4, -0.2) is 15.1 Å². The Morgan fingerprint density at radius 1 is 1.18 bits per heavy atom. The molecule has 2 aromatic rings. The molecule has 0 saturated heterocycles. The van der Waals surface area contributed by atoms with Crippen molar-refractivity contribution in [3.8, 4) is 11.8 Å². The van der Waals surface area contributed by atoms with E-state index in [1.165, 1.54) is 12.4 Å². The van der Waals surface area contributed by atoms with Gasteiger partial charge in [0.2, 0.25) is 0 Å². The highest BCUT2D eigenvalue weighted by molar-refractivity contribution is 7.78. The summed E-state index contributed by atoms with van der Waals surface area (Å²) in [6.45, 7) is 0. The third-order valence-electron chi connectivity index (χ3n) is 1.82. The number of aliphatic imine (C=N–C) groups is 1. The predicted molar refractivity (Wildman–Crippen MR) is 68.2 cm³/mol. The van der Waals surface area contributed by atoms with Crippen molar-refractivity contribution < 1.29 is 4.74 Å². The van der Waals surface area contributed by atoms with E-state index < -0.39 is 0 Å². The Morgan fingerprint density at radius 2 is 1.82 bits per heavy atom. The van der Waals surface area contributed by atoms with E-state index in [4.69, 9.17) is 16.3 Å². The van der Waals surface area contributed by atoms with E-state index in [1.807, 2.05) is 0 Å². The second-order valence-electron chi connectivity index (χ2n) is 2.98. The summed E-state index contributed by atoms with van der Waals surface area (Å²) in [5.74, 6) is 0.607. The van der Waals surface area contributed by atoms with E-state index >= 15 is 0 Å². The molecule has 0 spiro atoms. The molecule has 0 bridgehead atoms. The minimum Gasteiger partial charge on any atom is -0.424 e. The highest BCUT2D eigenvalue weighted by atomic mass is 35.5. The van der Waals surface area contributed by atoms with Crippen LogP contribution in [0.25, 0.3) is 0 Å². The lowest BCUT2D eigenvalue weighted by Gasteiger charge is -2.02. The Labute approximate surface area is 108 Å². The second-order valence-corrected chi connectivity index (χ2v) is 3.60. The first-order valence-corrected chi connectivity index (χ1v) is 5.40. The summed E-state index contributed by atoms with van der Waals surface area (Å²) in [5.41, 5.74) is 0.712. The lowest BCUT2D eigenvalue weighted by Crippen LogP contribution is -1.90. The zero-order valence-corrected chi connectivity index (χ0v) is 10.1. The van der Waals surface area contributed by atoms with Gasteiger partial charge < -0.3 is 4.74 Å². The first-order valence-electron chi connectivity index (χ1n) is 4.61. The van der Waals surface area contributed by atoms with Crippen LogP contribution >= 0.6 is 23.8 Å². The maximum absolute atomic E-state index is 5.66. The molecular formula is C11H6ClN3OS. The molecule has 0 atom stereocenters. The number of nitrogens with zero attached hydrogens (tertiary/aromatic N) is 3. The van der Waals surface area contributed by atoms with Gasteiger partial charge in [-0.2, -0.15) is 4.99 Å². The standard InChI is InChI=1S/C11H6ClN3OS/c12-8-5-13-11(14-6-8)16-10-3-1-9(2-4-10)15-7-17/h1-6H. The monoisotopic (exact) mass is 263 g/mol. The number of thiocarbonyl (C=S) groups is 1. The fraction of sp³-hybridized carbons (Fsp3) is 0. The number of hydrogen-bond acceptors (Lipinski definition) is 5. The fourth-order valence-corrected chi connectivity index (χ4v) is 1.30. The quantitative estimate of drug-likeness (QED) is 0.626. The summed E-state index contributed by atoms with van der Waals surface area (Å²) in [7, 11) is 0. The Balaban J connectivity index is 2.13. The van der Waals surface area contributed by atoms with Gasteiger partial charge in [-0.3, -0.25) is 0 Å². The Hall–Kier alpha value is -1.81. The first kappa shape index (κ1) is 11.7. The molecule has 0 unspecified atom stereocenters. The third-order valence-corrected chi connectivity index (χ3v) is 2.10. The number of aromatic nitrogens is 2. The maximum Gasteiger partial charge on any atom is 0.321 e. The molecule has 2 rings (SSSR count). The van der Waals surface area contributed by atoms with Gasteiger partial charge in [-0.25, -0.2) is 9.97 Å². The Morgan fingerprint density at radius 3 is 2.41 bits per heavy atom. The van der Waals surface area contributed by atoms with Crippen LogP contribution in [0, 0.1) is 0 Å². The van der Waals surface area contributed by atoms with Gasteiger partial charge in [0.15, 0.2) is 0 Å². The third kappa shape index (κ3) is 3.32. The van der Waals surface area contributed by atoms with Crippen LogP contribution in [0.4, 0.5) is 5.69 Å². The molecule has 84 valence electrons. The molecule has 0 radical (unpaired) electrons. The lowest BCUT2D eigenvalue weighted by atomic mass is 10.3. The molecule has 0 aliphatic heterocycles. The SMILES string of the molecule is S=C=Nc1ccc(Oc2ncc(Cl)cn2)cc1. The van der Waals surface area contributed by atoms with Crippen LogP contribution in [0.3, 0.4) is 0 Å². The van der Waals surface area contributed by atoms with Crippen molar-refractivity contribution in [2.24, 2.45) is 4.99 Å². The van der Waals surface area contributed by atoms with E-state index in [-0.39, 0.29) is 6.01 Å². The zero-order chi connectivity index (χ0) is 12.1. The average Bonchev–Trinajstić information content (AvgIpc) is 2.35. The number of isothiocyanates is 1. The molecular weight excluding hydrogens is 258 g/mol. The van der Waals surface area contributed by atoms with Gasteiger partial charge in [-0.15, -0.1) is 0 Å². The summed E-state index contributed by atoms with van der Waals surface area (Å²) in [6.07, 6.45) is 2.93. The van der Waals surface area contributed by atoms with Crippen molar-refractivity contribution in [3.05, 3.63) is 41.7 Å². The number of benzene rings is 1. The molecule has 4 nitrogen and oxygen atoms in total. The average molecular weight is 264 g/mol. The van der Waals surface area contributed by atoms with Gasteiger partial charge in [-0.1, -0.05) is 11.6 Å². The first-order chi connectivity index (χ1) is 8.28. The van der Waals surface area contributed by atoms with E-state index in [0.29, 0.717) is 16.5 Å². The minimum absolute atomic E-state index is 0.237. The van der Waals surface area contributed by atoms with Gasteiger partial charge >= 0.3 is 6.01 Å². The number of halogens is 1. The Kier molecular flexibility index (Phi) is 3.77. The number of rotatable bonds is 3. The fourth-order valence-electron chi connectivity index (χ4n) is 1.10. The highest BCUT2D eigenvalue weighted by Gasteiger charge is 2.00. The van der Waals surface area contributed by atoms with Crippen molar-refractivity contribution in [2.75, 3.05) is 0 Å². The van der Waals surface area contributed by atoms with E-state index in [1.54, 1.807) is 24.3 Å². The van der Waals surface area contributed by atoms with Crippen LogP contribution in [0.2, 0.25) is 5.02 Å². The molecule has 0 aliphatic rings. The topological polar surface area (TPSA) is 47.4 Å². The zero-order valence-electron chi connectivity index (χ0n) is 8.50. The van der Waals surface area contributed by atoms with E-state index in [2.05, 4.69) is 32.3 Å². The lowest BCUT2D eigenvalue weighted by molar-refractivity contribution is 0.442. The smallest absolute Gasteiger partial charge is 0.321 e. The summed E-state index contributed by atoms with van der Waals surface area (Å²) >= 11 is 10.2. The van der Waals surface area contributed by atoms with Crippen molar-refractivity contribution in [3.63, 3.8) is 0 Å². The Bertz CT molecular complexity index is 550. The van der Waals surface area contributed by atoms with Gasteiger partial charge in [0, 0.05) is 0 Å². The van der Waals surface area contributed by atoms with Gasteiger partial charge in [-0.05, 0) is 36.5 Å². The van der Waals surface area contributed by atoms with E-state index in [0.717, 1.165) is 0 Å². The predicted octanol–water partition coefficient (Wildman–Crippen LogP) is 3.66. The molecule has 0 saturated carbocycles. The van der Waals surface area contributed by atoms with Crippen LogP contribution in [-0.2, 0) is 0 Å². The molecule has 1 heterocycles. The van der Waals surface area contributed by atoms with Gasteiger partial charge in [0.1, 0.15) is 5.75 Å². The molecule has 17 heavy (non-hydrogen) atoms. The van der Waals surface area contributed by atoms with Crippen molar-refractivity contribution >= 4 is 34.7 Å². The number of ether oxygens (including phenoxy) is 1. The van der Waals surface area contributed by atoms with Gasteiger partial charge in [0.05, 0.1) is 28.3 Å². The van der Waals surface area contributed by atoms with Crippen molar-refractivity contribution in [2.45, 2.75) is 0 Å².